The molecule has 0 N–H and O–H groups in total. The number of nitrogens with zero attached hydrogens (tertiary/aromatic N) is 4. The lowest BCUT2D eigenvalue weighted by molar-refractivity contribution is 0.319. The zero-order valence-electron chi connectivity index (χ0n) is 6.33. The molecule has 9 nitrogen and oxygen atoms in total. The van der Waals surface area contributed by atoms with Crippen LogP contribution < -0.4 is 0 Å². The van der Waals surface area contributed by atoms with Gasteiger partial charge in [-0.3, -0.25) is 0 Å². The molecule has 0 unspecified atom stereocenters. The van der Waals surface area contributed by atoms with Crippen LogP contribution in [0.3, 0.4) is 0 Å². The van der Waals surface area contributed by atoms with Crippen molar-refractivity contribution in [2.24, 2.45) is 19.1 Å². The van der Waals surface area contributed by atoms with E-state index in [0.717, 1.165) is 24.3 Å². The van der Waals surface area contributed by atoms with Crippen LogP contribution in [0.25, 0.3) is 0 Å². The summed E-state index contributed by atoms with van der Waals surface area (Å²) in [5.74, 6) is 0. The van der Waals surface area contributed by atoms with E-state index in [9.17, 15) is 19.2 Å². The summed E-state index contributed by atoms with van der Waals surface area (Å²) in [7, 11) is -4.14. The van der Waals surface area contributed by atoms with Gasteiger partial charge >= 0.3 is 8.80 Å². The monoisotopic (exact) mass is 212 g/mol. The van der Waals surface area contributed by atoms with Gasteiger partial charge in [-0.15, -0.1) is 0 Å². The van der Waals surface area contributed by atoms with Crippen LogP contribution in [0.5, 0.6) is 0 Å². The standard InChI is InChI=1S/C4N4O5Si/c9-1-5-13-14(6-2-10,7-3-11)8-4-12. The molecule has 0 aliphatic carbocycles. The van der Waals surface area contributed by atoms with Crippen LogP contribution in [0.2, 0.25) is 0 Å². The van der Waals surface area contributed by atoms with Gasteiger partial charge in [0.05, 0.1) is 0 Å². The molecular formula is C4N4O5Si. The van der Waals surface area contributed by atoms with Crippen molar-refractivity contribution in [3.05, 3.63) is 0 Å². The van der Waals surface area contributed by atoms with Gasteiger partial charge in [0.2, 0.25) is 18.2 Å². The summed E-state index contributed by atoms with van der Waals surface area (Å²) < 4.78 is 12.7. The zero-order chi connectivity index (χ0) is 10.9. The van der Waals surface area contributed by atoms with E-state index in [-0.39, 0.29) is 0 Å². The molecule has 0 aliphatic heterocycles. The van der Waals surface area contributed by atoms with Gasteiger partial charge in [-0.2, -0.15) is 14.0 Å². The number of hydrogen-bond donors (Lipinski definition) is 0. The molecule has 0 aliphatic rings. The summed E-state index contributed by atoms with van der Waals surface area (Å²) >= 11 is 0. The Kier molecular flexibility index (Phi) is 5.02. The molecule has 14 heavy (non-hydrogen) atoms. The van der Waals surface area contributed by atoms with Crippen molar-refractivity contribution in [1.82, 2.24) is 0 Å². The maximum atomic E-state index is 9.88. The van der Waals surface area contributed by atoms with E-state index in [1.54, 1.807) is 0 Å². The predicted octanol–water partition coefficient (Wildman–Crippen LogP) is -1.30. The molecule has 0 atom stereocenters. The first-order valence-electron chi connectivity index (χ1n) is 2.77. The average molecular weight is 212 g/mol. The molecule has 0 spiro atoms. The molecular weight excluding hydrogens is 212 g/mol. The number of isocyanates is 4. The van der Waals surface area contributed by atoms with Crippen LogP contribution in [0, 0.1) is 0 Å². The molecule has 0 aromatic carbocycles. The third-order valence-electron chi connectivity index (χ3n) is 0.779. The molecule has 10 heteroatoms. The van der Waals surface area contributed by atoms with Gasteiger partial charge in [-0.1, -0.05) is 0 Å². The van der Waals surface area contributed by atoms with Crippen LogP contribution in [-0.4, -0.2) is 33.1 Å². The second-order valence-corrected chi connectivity index (χ2v) is 3.46. The lowest BCUT2D eigenvalue weighted by atomic mass is 11.7. The first-order chi connectivity index (χ1) is 6.74. The molecule has 0 fully saturated rings. The van der Waals surface area contributed by atoms with Gasteiger partial charge in [0.1, 0.15) is 0 Å². The van der Waals surface area contributed by atoms with Crippen LogP contribution in [0.4, 0.5) is 0 Å². The molecule has 0 radical (unpaired) electrons. The van der Waals surface area contributed by atoms with Gasteiger partial charge in [-0.25, -0.2) is 19.2 Å². The predicted molar refractivity (Wildman–Crippen MR) is 39.3 cm³/mol. The molecule has 70 valence electrons. The van der Waals surface area contributed by atoms with Crippen molar-refractivity contribution in [1.29, 1.82) is 0 Å². The highest BCUT2D eigenvalue weighted by atomic mass is 28.4. The van der Waals surface area contributed by atoms with Gasteiger partial charge < -0.3 is 4.53 Å². The van der Waals surface area contributed by atoms with Crippen LogP contribution in [0.15, 0.2) is 19.1 Å². The van der Waals surface area contributed by atoms with E-state index < -0.39 is 8.80 Å². The van der Waals surface area contributed by atoms with Gasteiger partial charge in [0, 0.05) is 0 Å². The molecule has 0 bridgehead atoms. The van der Waals surface area contributed by atoms with Crippen molar-refractivity contribution < 1.29 is 23.7 Å². The largest absolute Gasteiger partial charge is 0.721 e. The second kappa shape index (κ2) is 6.10. The van der Waals surface area contributed by atoms with Gasteiger partial charge in [0.15, 0.2) is 0 Å². The van der Waals surface area contributed by atoms with Gasteiger partial charge in [0.25, 0.3) is 6.08 Å². The maximum absolute atomic E-state index is 9.88. The Bertz CT molecular complexity index is 350. The van der Waals surface area contributed by atoms with Gasteiger partial charge in [-0.05, 0) is 5.16 Å². The van der Waals surface area contributed by atoms with E-state index >= 15 is 0 Å². The molecule has 0 aromatic rings. The third kappa shape index (κ3) is 3.29. The van der Waals surface area contributed by atoms with Crippen LogP contribution >= 0.6 is 0 Å². The Labute approximate surface area is 76.9 Å². The Balaban J connectivity index is 5.32. The number of carbonyl (C=O) groups excluding carboxylic acids is 4. The zero-order valence-corrected chi connectivity index (χ0v) is 7.33. The van der Waals surface area contributed by atoms with Crippen LogP contribution in [0.1, 0.15) is 0 Å². The fourth-order valence-corrected chi connectivity index (χ4v) is 1.18. The fraction of sp³-hybridized carbons (Fsp3) is 0. The average Bonchev–Trinajstić information content (AvgIpc) is 2.16. The summed E-state index contributed by atoms with van der Waals surface area (Å²) in [5.41, 5.74) is 0. The first-order valence-corrected chi connectivity index (χ1v) is 4.52. The van der Waals surface area contributed by atoms with Crippen molar-refractivity contribution in [2.75, 3.05) is 0 Å². The topological polar surface area (TPSA) is 127 Å². The van der Waals surface area contributed by atoms with E-state index in [4.69, 9.17) is 0 Å². The molecule has 0 saturated carbocycles. The van der Waals surface area contributed by atoms with E-state index in [1.807, 2.05) is 0 Å². The minimum Gasteiger partial charge on any atom is -0.373 e. The Morgan fingerprint density at radius 3 is 1.50 bits per heavy atom. The smallest absolute Gasteiger partial charge is 0.373 e. The van der Waals surface area contributed by atoms with Crippen molar-refractivity contribution in [3.8, 4) is 0 Å². The maximum Gasteiger partial charge on any atom is 0.721 e. The van der Waals surface area contributed by atoms with Crippen molar-refractivity contribution in [2.45, 2.75) is 0 Å². The Morgan fingerprint density at radius 2 is 1.21 bits per heavy atom. The number of rotatable bonds is 5. The first kappa shape index (κ1) is 11.5. The highest BCUT2D eigenvalue weighted by Crippen LogP contribution is 2.08. The molecule has 0 aromatic heterocycles. The Hall–Kier alpha value is -2.46. The Morgan fingerprint density at radius 1 is 0.786 bits per heavy atom. The lowest BCUT2D eigenvalue weighted by Crippen LogP contribution is -2.30. The minimum absolute atomic E-state index is 0.916. The second-order valence-electron chi connectivity index (χ2n) is 1.46. The van der Waals surface area contributed by atoms with E-state index in [0.29, 0.717) is 0 Å². The normalized spacial score (nSPS) is 11.4. The minimum atomic E-state index is -4.14. The van der Waals surface area contributed by atoms with E-state index in [2.05, 4.69) is 23.7 Å². The summed E-state index contributed by atoms with van der Waals surface area (Å²) in [4.78, 5) is 39.3. The molecule has 0 heterocycles. The van der Waals surface area contributed by atoms with Crippen molar-refractivity contribution in [3.63, 3.8) is 0 Å². The molecule has 0 amide bonds. The summed E-state index contributed by atoms with van der Waals surface area (Å²) in [6.07, 6.45) is 3.81. The molecule has 0 rings (SSSR count). The summed E-state index contributed by atoms with van der Waals surface area (Å²) in [6, 6.07) is 0. The van der Waals surface area contributed by atoms with E-state index in [1.165, 1.54) is 0 Å². The number of hydrogen-bond acceptors (Lipinski definition) is 9. The van der Waals surface area contributed by atoms with Crippen LogP contribution in [-0.2, 0) is 23.7 Å². The lowest BCUT2D eigenvalue weighted by Gasteiger charge is -2.03. The quantitative estimate of drug-likeness (QED) is 0.242. The summed E-state index contributed by atoms with van der Waals surface area (Å²) in [6.45, 7) is 0. The highest BCUT2D eigenvalue weighted by Gasteiger charge is 2.43. The SMILES string of the molecule is O=C=NO[Si](N=C=O)(N=C=O)N=C=O. The highest BCUT2D eigenvalue weighted by molar-refractivity contribution is 6.70. The third-order valence-corrected chi connectivity index (χ3v) is 2.26. The molecule has 0 saturated heterocycles. The fourth-order valence-electron chi connectivity index (χ4n) is 0.394. The summed E-state index contributed by atoms with van der Waals surface area (Å²) in [5, 5.41) is 2.54. The van der Waals surface area contributed by atoms with Crippen molar-refractivity contribution >= 4 is 33.1 Å².